The lowest BCUT2D eigenvalue weighted by Crippen LogP contribution is -2.29. The minimum absolute atomic E-state index is 0.393. The molecular formula is C14H17N3O2S. The van der Waals surface area contributed by atoms with E-state index in [1.807, 2.05) is 18.2 Å². The summed E-state index contributed by atoms with van der Waals surface area (Å²) in [5, 5.41) is 11.2. The molecule has 2 aromatic rings. The Morgan fingerprint density at radius 3 is 2.85 bits per heavy atom. The van der Waals surface area contributed by atoms with Gasteiger partial charge in [0.2, 0.25) is 12.3 Å². The van der Waals surface area contributed by atoms with Gasteiger partial charge in [-0.25, -0.2) is 0 Å². The van der Waals surface area contributed by atoms with Gasteiger partial charge in [-0.15, -0.1) is 10.2 Å². The van der Waals surface area contributed by atoms with Crippen LogP contribution in [0.1, 0.15) is 18.4 Å². The zero-order chi connectivity index (χ0) is 13.9. The molecule has 0 unspecified atom stereocenters. The number of aryl methyl sites for hydroxylation is 1. The van der Waals surface area contributed by atoms with E-state index < -0.39 is 10.8 Å². The van der Waals surface area contributed by atoms with E-state index in [-0.39, 0.29) is 0 Å². The van der Waals surface area contributed by atoms with E-state index in [1.165, 1.54) is 12.0 Å². The van der Waals surface area contributed by atoms with Crippen LogP contribution in [0, 0.1) is 6.92 Å². The number of nitrogens with zero attached hydrogens (tertiary/aromatic N) is 2. The molecule has 20 heavy (non-hydrogen) atoms. The highest BCUT2D eigenvalue weighted by Crippen LogP contribution is 2.25. The maximum atomic E-state index is 11.4. The summed E-state index contributed by atoms with van der Waals surface area (Å²) in [6.07, 6.45) is 3.24. The average molecular weight is 291 g/mol. The number of anilines is 1. The number of nitrogens with one attached hydrogen (secondary N) is 1. The van der Waals surface area contributed by atoms with Crippen molar-refractivity contribution in [3.8, 4) is 11.5 Å². The van der Waals surface area contributed by atoms with Crippen LogP contribution in [0.25, 0.3) is 11.5 Å². The minimum Gasteiger partial charge on any atom is -0.423 e. The fraction of sp³-hybridized carbons (Fsp3) is 0.429. The molecule has 1 aliphatic heterocycles. The van der Waals surface area contributed by atoms with Gasteiger partial charge >= 0.3 is 0 Å². The Kier molecular flexibility index (Phi) is 3.82. The SMILES string of the molecule is Cc1ccc(-c2nnco2)cc1NC1CCS(=O)CC1. The van der Waals surface area contributed by atoms with Crippen LogP contribution >= 0.6 is 0 Å². The van der Waals surface area contributed by atoms with Gasteiger partial charge < -0.3 is 9.73 Å². The first-order valence-electron chi connectivity index (χ1n) is 6.71. The molecule has 1 aromatic heterocycles. The van der Waals surface area contributed by atoms with E-state index in [0.717, 1.165) is 35.6 Å². The fourth-order valence-electron chi connectivity index (χ4n) is 2.37. The number of benzene rings is 1. The van der Waals surface area contributed by atoms with E-state index in [2.05, 4.69) is 22.4 Å². The van der Waals surface area contributed by atoms with Crippen molar-refractivity contribution in [2.75, 3.05) is 16.8 Å². The predicted octanol–water partition coefficient (Wildman–Crippen LogP) is 2.37. The fourth-order valence-corrected chi connectivity index (χ4v) is 3.67. The summed E-state index contributed by atoms with van der Waals surface area (Å²) in [7, 11) is -0.626. The molecule has 106 valence electrons. The first-order valence-corrected chi connectivity index (χ1v) is 8.20. The summed E-state index contributed by atoms with van der Waals surface area (Å²) >= 11 is 0. The molecule has 3 rings (SSSR count). The Balaban J connectivity index is 1.78. The van der Waals surface area contributed by atoms with Crippen molar-refractivity contribution in [1.29, 1.82) is 0 Å². The second kappa shape index (κ2) is 5.75. The van der Waals surface area contributed by atoms with E-state index in [9.17, 15) is 4.21 Å². The van der Waals surface area contributed by atoms with Gasteiger partial charge in [-0.05, 0) is 37.5 Å². The summed E-state index contributed by atoms with van der Waals surface area (Å²) in [6, 6.07) is 6.45. The van der Waals surface area contributed by atoms with Crippen molar-refractivity contribution in [1.82, 2.24) is 10.2 Å². The van der Waals surface area contributed by atoms with Crippen molar-refractivity contribution < 1.29 is 8.63 Å². The lowest BCUT2D eigenvalue weighted by Gasteiger charge is -2.24. The Morgan fingerprint density at radius 2 is 2.15 bits per heavy atom. The van der Waals surface area contributed by atoms with Crippen LogP contribution in [0.4, 0.5) is 5.69 Å². The average Bonchev–Trinajstić information content (AvgIpc) is 2.98. The van der Waals surface area contributed by atoms with Gasteiger partial charge in [0.1, 0.15) is 0 Å². The molecule has 5 nitrogen and oxygen atoms in total. The number of hydrogen-bond acceptors (Lipinski definition) is 5. The topological polar surface area (TPSA) is 68.0 Å². The highest BCUT2D eigenvalue weighted by Gasteiger charge is 2.18. The molecule has 0 amide bonds. The molecule has 1 fully saturated rings. The lowest BCUT2D eigenvalue weighted by atomic mass is 10.1. The third kappa shape index (κ3) is 2.90. The van der Waals surface area contributed by atoms with E-state index in [4.69, 9.17) is 4.42 Å². The third-order valence-corrected chi connectivity index (χ3v) is 4.97. The summed E-state index contributed by atoms with van der Waals surface area (Å²) < 4.78 is 16.6. The zero-order valence-corrected chi connectivity index (χ0v) is 12.2. The standard InChI is InChI=1S/C14H17N3O2S/c1-10-2-3-11(14-17-15-9-19-14)8-13(10)16-12-4-6-20(18)7-5-12/h2-3,8-9,12,16H,4-7H2,1H3. The van der Waals surface area contributed by atoms with Crippen LogP contribution in [0.3, 0.4) is 0 Å². The largest absolute Gasteiger partial charge is 0.423 e. The third-order valence-electron chi connectivity index (χ3n) is 3.59. The number of aromatic nitrogens is 2. The Morgan fingerprint density at radius 1 is 1.35 bits per heavy atom. The molecule has 1 aromatic carbocycles. The molecule has 0 atom stereocenters. The van der Waals surface area contributed by atoms with Crippen molar-refractivity contribution >= 4 is 16.5 Å². The van der Waals surface area contributed by atoms with E-state index in [1.54, 1.807) is 0 Å². The van der Waals surface area contributed by atoms with Gasteiger partial charge in [0.15, 0.2) is 0 Å². The molecule has 0 saturated carbocycles. The van der Waals surface area contributed by atoms with Crippen LogP contribution in [-0.4, -0.2) is 32.0 Å². The monoisotopic (exact) mass is 291 g/mol. The van der Waals surface area contributed by atoms with Gasteiger partial charge in [-0.2, -0.15) is 0 Å². The Hall–Kier alpha value is -1.69. The molecule has 1 saturated heterocycles. The van der Waals surface area contributed by atoms with Gasteiger partial charge in [0.25, 0.3) is 0 Å². The molecular weight excluding hydrogens is 274 g/mol. The van der Waals surface area contributed by atoms with Crippen molar-refractivity contribution in [3.63, 3.8) is 0 Å². The van der Waals surface area contributed by atoms with Gasteiger partial charge in [-0.3, -0.25) is 4.21 Å². The highest BCUT2D eigenvalue weighted by atomic mass is 32.2. The van der Waals surface area contributed by atoms with Crippen molar-refractivity contribution in [2.24, 2.45) is 0 Å². The van der Waals surface area contributed by atoms with Crippen LogP contribution in [0.2, 0.25) is 0 Å². The van der Waals surface area contributed by atoms with Crippen LogP contribution in [-0.2, 0) is 10.8 Å². The molecule has 6 heteroatoms. The molecule has 0 aliphatic carbocycles. The normalized spacial score (nSPS) is 22.6. The molecule has 1 aliphatic rings. The second-order valence-corrected chi connectivity index (χ2v) is 6.74. The van der Waals surface area contributed by atoms with Crippen molar-refractivity contribution in [3.05, 3.63) is 30.2 Å². The maximum absolute atomic E-state index is 11.4. The lowest BCUT2D eigenvalue weighted by molar-refractivity contribution is 0.568. The summed E-state index contributed by atoms with van der Waals surface area (Å²) in [5.74, 6) is 2.11. The van der Waals surface area contributed by atoms with Gasteiger partial charge in [-0.1, -0.05) is 6.07 Å². The van der Waals surface area contributed by atoms with E-state index in [0.29, 0.717) is 11.9 Å². The Bertz CT molecular complexity index is 603. The first kappa shape index (κ1) is 13.3. The number of rotatable bonds is 3. The highest BCUT2D eigenvalue weighted by molar-refractivity contribution is 7.85. The van der Waals surface area contributed by atoms with Crippen LogP contribution in [0.5, 0.6) is 0 Å². The molecule has 0 radical (unpaired) electrons. The molecule has 0 bridgehead atoms. The number of hydrogen-bond donors (Lipinski definition) is 1. The van der Waals surface area contributed by atoms with Gasteiger partial charge in [0, 0.05) is 39.6 Å². The van der Waals surface area contributed by atoms with Crippen molar-refractivity contribution in [2.45, 2.75) is 25.8 Å². The quantitative estimate of drug-likeness (QED) is 0.940. The predicted molar refractivity (Wildman–Crippen MR) is 79.0 cm³/mol. The molecule has 2 heterocycles. The second-order valence-electron chi connectivity index (χ2n) is 5.04. The zero-order valence-electron chi connectivity index (χ0n) is 11.3. The van der Waals surface area contributed by atoms with Gasteiger partial charge in [0.05, 0.1) is 0 Å². The summed E-state index contributed by atoms with van der Waals surface area (Å²) in [5.41, 5.74) is 3.17. The molecule has 1 N–H and O–H groups in total. The smallest absolute Gasteiger partial charge is 0.247 e. The summed E-state index contributed by atoms with van der Waals surface area (Å²) in [4.78, 5) is 0. The maximum Gasteiger partial charge on any atom is 0.247 e. The minimum atomic E-state index is -0.626. The summed E-state index contributed by atoms with van der Waals surface area (Å²) in [6.45, 7) is 2.07. The van der Waals surface area contributed by atoms with Crippen LogP contribution < -0.4 is 5.32 Å². The van der Waals surface area contributed by atoms with E-state index >= 15 is 0 Å². The molecule has 0 spiro atoms. The van der Waals surface area contributed by atoms with Crippen LogP contribution in [0.15, 0.2) is 29.0 Å². The Labute approximate surface area is 120 Å². The first-order chi connectivity index (χ1) is 9.72.